The highest BCUT2D eigenvalue weighted by Crippen LogP contribution is 2.46. The first kappa shape index (κ1) is 26.8. The van der Waals surface area contributed by atoms with Crippen LogP contribution in [-0.2, 0) is 10.0 Å². The van der Waals surface area contributed by atoms with Gasteiger partial charge in [0.05, 0.1) is 11.1 Å². The Morgan fingerprint density at radius 1 is 0.906 bits per heavy atom. The normalized spacial score (nSPS) is 14.3. The molecule has 2 aromatic carbocycles. The Kier molecular flexibility index (Phi) is 8.92. The first-order valence-corrected chi connectivity index (χ1v) is 13.9. The fourth-order valence-corrected chi connectivity index (χ4v) is 7.05. The molecule has 0 spiro atoms. The van der Waals surface area contributed by atoms with E-state index in [1.54, 1.807) is 0 Å². The third-order valence-electron chi connectivity index (χ3n) is 6.12. The van der Waals surface area contributed by atoms with E-state index in [9.17, 15) is 13.2 Å². The topological polar surface area (TPSA) is 18.5 Å². The standard InChI is InChI=1S/C23H28BrF5O2Si/c1-5-32(6-2,7-3)31-22(4,16-8-10-17(25)11-9-16)23(28,29)14-15-30-19-13-12-18(26)20(24)21(19)27/h8-13H,5-7,14-15H2,1-4H3. The number of hydrogen-bond donors (Lipinski definition) is 0. The quantitative estimate of drug-likeness (QED) is 0.163. The van der Waals surface area contributed by atoms with Crippen LogP contribution in [0, 0.1) is 17.5 Å². The number of hydrogen-bond acceptors (Lipinski definition) is 2. The monoisotopic (exact) mass is 538 g/mol. The predicted molar refractivity (Wildman–Crippen MR) is 121 cm³/mol. The zero-order valence-corrected chi connectivity index (χ0v) is 21.2. The van der Waals surface area contributed by atoms with Crippen molar-refractivity contribution in [3.63, 3.8) is 0 Å². The van der Waals surface area contributed by atoms with Crippen molar-refractivity contribution < 1.29 is 31.1 Å². The van der Waals surface area contributed by atoms with Crippen LogP contribution >= 0.6 is 15.9 Å². The van der Waals surface area contributed by atoms with E-state index in [1.165, 1.54) is 19.1 Å². The Hall–Kier alpha value is -1.45. The maximum absolute atomic E-state index is 15.7. The second-order valence-corrected chi connectivity index (χ2v) is 13.3. The minimum Gasteiger partial charge on any atom is -0.490 e. The minimum atomic E-state index is -3.42. The fourth-order valence-electron chi connectivity index (χ4n) is 3.66. The van der Waals surface area contributed by atoms with Gasteiger partial charge in [-0.25, -0.2) is 22.0 Å². The van der Waals surface area contributed by atoms with Gasteiger partial charge < -0.3 is 9.16 Å². The molecule has 0 N–H and O–H groups in total. The summed E-state index contributed by atoms with van der Waals surface area (Å²) in [6.45, 7) is 6.58. The van der Waals surface area contributed by atoms with Gasteiger partial charge >= 0.3 is 0 Å². The molecule has 0 amide bonds. The van der Waals surface area contributed by atoms with E-state index in [1.807, 2.05) is 20.8 Å². The Morgan fingerprint density at radius 2 is 1.47 bits per heavy atom. The zero-order chi connectivity index (χ0) is 24.2. The molecule has 0 saturated carbocycles. The van der Waals surface area contributed by atoms with E-state index in [0.29, 0.717) is 18.1 Å². The molecule has 0 fully saturated rings. The van der Waals surface area contributed by atoms with Gasteiger partial charge in [-0.3, -0.25) is 0 Å². The van der Waals surface area contributed by atoms with E-state index in [0.717, 1.165) is 24.3 Å². The first-order valence-electron chi connectivity index (χ1n) is 10.6. The van der Waals surface area contributed by atoms with Gasteiger partial charge in [-0.2, -0.15) is 0 Å². The third kappa shape index (κ3) is 5.54. The highest BCUT2D eigenvalue weighted by Gasteiger charge is 2.55. The van der Waals surface area contributed by atoms with E-state index < -0.39 is 54.8 Å². The molecule has 1 unspecified atom stereocenters. The third-order valence-corrected chi connectivity index (χ3v) is 11.6. The van der Waals surface area contributed by atoms with Crippen molar-refractivity contribution in [3.05, 3.63) is 63.9 Å². The molecular formula is C23H28BrF5O2Si. The average Bonchev–Trinajstić information content (AvgIpc) is 2.77. The highest BCUT2D eigenvalue weighted by atomic mass is 79.9. The fraction of sp³-hybridized carbons (Fsp3) is 0.478. The molecule has 2 rings (SSSR count). The number of benzene rings is 2. The maximum Gasteiger partial charge on any atom is 0.282 e. The molecule has 1 atom stereocenters. The van der Waals surface area contributed by atoms with Crippen molar-refractivity contribution in [2.75, 3.05) is 6.61 Å². The van der Waals surface area contributed by atoms with Crippen molar-refractivity contribution in [1.29, 1.82) is 0 Å². The highest BCUT2D eigenvalue weighted by molar-refractivity contribution is 9.10. The molecule has 0 radical (unpaired) electrons. The number of rotatable bonds is 11. The Bertz CT molecular complexity index is 898. The van der Waals surface area contributed by atoms with E-state index in [-0.39, 0.29) is 11.3 Å². The van der Waals surface area contributed by atoms with Crippen LogP contribution in [0.15, 0.2) is 40.9 Å². The van der Waals surface area contributed by atoms with Gasteiger partial charge in [-0.15, -0.1) is 0 Å². The van der Waals surface area contributed by atoms with E-state index >= 15 is 8.78 Å². The van der Waals surface area contributed by atoms with Gasteiger partial charge in [-0.05, 0) is 70.8 Å². The van der Waals surface area contributed by atoms with Crippen LogP contribution in [0.1, 0.15) is 39.7 Å². The van der Waals surface area contributed by atoms with Crippen molar-refractivity contribution in [2.24, 2.45) is 0 Å². The summed E-state index contributed by atoms with van der Waals surface area (Å²) in [4.78, 5) is 0. The van der Waals surface area contributed by atoms with Gasteiger partial charge in [0.2, 0.25) is 0 Å². The lowest BCUT2D eigenvalue weighted by atomic mass is 9.87. The lowest BCUT2D eigenvalue weighted by Crippen LogP contribution is -2.53. The molecule has 178 valence electrons. The SMILES string of the molecule is CC[Si](CC)(CC)OC(C)(c1ccc(F)cc1)C(F)(F)CCOc1ccc(F)c(Br)c1F. The molecule has 2 nitrogen and oxygen atoms in total. The number of halogens is 6. The summed E-state index contributed by atoms with van der Waals surface area (Å²) >= 11 is 2.76. The van der Waals surface area contributed by atoms with Gasteiger partial charge in [0.15, 0.2) is 19.9 Å². The van der Waals surface area contributed by atoms with Crippen molar-refractivity contribution in [1.82, 2.24) is 0 Å². The smallest absolute Gasteiger partial charge is 0.282 e. The minimum absolute atomic E-state index is 0.159. The Morgan fingerprint density at radius 3 is 2.00 bits per heavy atom. The second-order valence-electron chi connectivity index (χ2n) is 7.86. The van der Waals surface area contributed by atoms with Crippen LogP contribution in [0.3, 0.4) is 0 Å². The van der Waals surface area contributed by atoms with Crippen LogP contribution in [-0.4, -0.2) is 20.8 Å². The Balaban J connectivity index is 2.34. The molecule has 9 heteroatoms. The second kappa shape index (κ2) is 10.7. The molecule has 0 aromatic heterocycles. The number of ether oxygens (including phenoxy) is 1. The summed E-state index contributed by atoms with van der Waals surface area (Å²) in [5.41, 5.74) is -1.87. The van der Waals surface area contributed by atoms with Crippen LogP contribution in [0.25, 0.3) is 0 Å². The molecule has 0 aliphatic rings. The number of alkyl halides is 2. The molecule has 0 aliphatic carbocycles. The summed E-state index contributed by atoms with van der Waals surface area (Å²) in [6.07, 6.45) is -0.781. The largest absolute Gasteiger partial charge is 0.490 e. The molecular weight excluding hydrogens is 511 g/mol. The molecule has 32 heavy (non-hydrogen) atoms. The summed E-state index contributed by atoms with van der Waals surface area (Å²) < 4.78 is 83.5. The zero-order valence-electron chi connectivity index (χ0n) is 18.6. The molecule has 2 aromatic rings. The molecule has 0 saturated heterocycles. The van der Waals surface area contributed by atoms with E-state index in [2.05, 4.69) is 15.9 Å². The summed E-state index contributed by atoms with van der Waals surface area (Å²) in [6, 6.07) is 8.85. The van der Waals surface area contributed by atoms with Crippen LogP contribution in [0.4, 0.5) is 22.0 Å². The first-order chi connectivity index (χ1) is 14.9. The molecule has 0 bridgehead atoms. The van der Waals surface area contributed by atoms with Crippen LogP contribution in [0.5, 0.6) is 5.75 Å². The molecule has 0 heterocycles. The van der Waals surface area contributed by atoms with Gasteiger partial charge in [0.1, 0.15) is 17.2 Å². The Labute approximate surface area is 195 Å². The average molecular weight is 539 g/mol. The predicted octanol–water partition coefficient (Wildman–Crippen LogP) is 8.21. The van der Waals surface area contributed by atoms with Crippen LogP contribution in [0.2, 0.25) is 18.1 Å². The summed E-state index contributed by atoms with van der Waals surface area (Å²) in [5.74, 6) is -6.11. The van der Waals surface area contributed by atoms with Crippen LogP contribution < -0.4 is 4.74 Å². The van der Waals surface area contributed by atoms with Gasteiger partial charge in [0, 0.05) is 6.42 Å². The summed E-state index contributed by atoms with van der Waals surface area (Å²) in [5, 5.41) is 0. The lowest BCUT2D eigenvalue weighted by molar-refractivity contribution is -0.175. The summed E-state index contributed by atoms with van der Waals surface area (Å²) in [7, 11) is -2.51. The maximum atomic E-state index is 15.7. The van der Waals surface area contributed by atoms with Crippen molar-refractivity contribution in [2.45, 2.75) is 63.8 Å². The lowest BCUT2D eigenvalue weighted by Gasteiger charge is -2.45. The van der Waals surface area contributed by atoms with Gasteiger partial charge in [-0.1, -0.05) is 32.9 Å². The van der Waals surface area contributed by atoms with E-state index in [4.69, 9.17) is 9.16 Å². The molecule has 0 aliphatic heterocycles. The van der Waals surface area contributed by atoms with Crippen molar-refractivity contribution in [3.8, 4) is 5.75 Å². The van der Waals surface area contributed by atoms with Crippen molar-refractivity contribution >= 4 is 24.2 Å². The van der Waals surface area contributed by atoms with Gasteiger partial charge in [0.25, 0.3) is 5.92 Å².